The first-order valence-corrected chi connectivity index (χ1v) is 9.96. The van der Waals surface area contributed by atoms with E-state index in [-0.39, 0.29) is 24.1 Å². The molecule has 164 valence electrons. The largest absolute Gasteiger partial charge is 0.460 e. The van der Waals surface area contributed by atoms with Crippen molar-refractivity contribution in [2.75, 3.05) is 6.54 Å². The number of rotatable bonds is 6. The number of aliphatic hydroxyl groups excluding tert-OH is 1. The van der Waals surface area contributed by atoms with Crippen molar-refractivity contribution in [3.8, 4) is 5.75 Å². The summed E-state index contributed by atoms with van der Waals surface area (Å²) >= 11 is 0. The van der Waals surface area contributed by atoms with Crippen molar-refractivity contribution in [2.45, 2.75) is 80.6 Å². The van der Waals surface area contributed by atoms with Crippen molar-refractivity contribution in [3.63, 3.8) is 0 Å². The van der Waals surface area contributed by atoms with Crippen LogP contribution in [-0.4, -0.2) is 29.1 Å². The summed E-state index contributed by atoms with van der Waals surface area (Å²) in [6.07, 6.45) is -0.751. The van der Waals surface area contributed by atoms with Crippen LogP contribution in [0, 0.1) is 10.8 Å². The molecule has 6 heteroatoms. The molecule has 1 rings (SSSR count). The van der Waals surface area contributed by atoms with Gasteiger partial charge in [0.15, 0.2) is 0 Å². The number of ether oxygens (including phenoxy) is 2. The quantitative estimate of drug-likeness (QED) is 0.544. The molecule has 0 saturated carbocycles. The minimum atomic E-state index is -0.751. The molecule has 0 radical (unpaired) electrons. The van der Waals surface area contributed by atoms with Gasteiger partial charge < -0.3 is 19.9 Å². The first-order valence-electron chi connectivity index (χ1n) is 9.96. The van der Waals surface area contributed by atoms with Crippen LogP contribution in [0.3, 0.4) is 0 Å². The average molecular weight is 408 g/mol. The molecule has 6 nitrogen and oxygen atoms in total. The predicted molar refractivity (Wildman–Crippen MR) is 113 cm³/mol. The van der Waals surface area contributed by atoms with Gasteiger partial charge in [0.05, 0.1) is 16.9 Å². The summed E-state index contributed by atoms with van der Waals surface area (Å²) in [7, 11) is 0. The zero-order chi connectivity index (χ0) is 22.6. The van der Waals surface area contributed by atoms with Gasteiger partial charge in [-0.05, 0) is 80.0 Å². The number of benzene rings is 1. The smallest absolute Gasteiger partial charge is 0.316 e. The van der Waals surface area contributed by atoms with Crippen molar-refractivity contribution in [1.29, 1.82) is 0 Å². The minimum absolute atomic E-state index is 0.0455. The van der Waals surface area contributed by atoms with Crippen LogP contribution in [0.15, 0.2) is 18.2 Å². The molecule has 2 N–H and O–H groups in total. The van der Waals surface area contributed by atoms with Gasteiger partial charge in [0, 0.05) is 17.6 Å². The van der Waals surface area contributed by atoms with Crippen molar-refractivity contribution in [1.82, 2.24) is 5.32 Å². The number of hydrogen-bond donors (Lipinski definition) is 2. The Balaban J connectivity index is 3.11. The van der Waals surface area contributed by atoms with Crippen molar-refractivity contribution >= 4 is 11.9 Å². The Morgan fingerprint density at radius 3 is 2.00 bits per heavy atom. The number of esters is 2. The van der Waals surface area contributed by atoms with Gasteiger partial charge in [0.1, 0.15) is 12.4 Å². The lowest BCUT2D eigenvalue weighted by Gasteiger charge is -2.24. The molecule has 0 heterocycles. The maximum absolute atomic E-state index is 12.3. The Labute approximate surface area is 175 Å². The number of carbonyl (C=O) groups is 2. The molecule has 0 aliphatic heterocycles. The normalized spacial score (nSPS) is 13.7. The molecule has 0 aromatic heterocycles. The molecule has 0 fully saturated rings. The highest BCUT2D eigenvalue weighted by atomic mass is 16.5. The van der Waals surface area contributed by atoms with Gasteiger partial charge in [-0.15, -0.1) is 0 Å². The van der Waals surface area contributed by atoms with E-state index in [1.54, 1.807) is 59.7 Å². The summed E-state index contributed by atoms with van der Waals surface area (Å²) in [4.78, 5) is 24.5. The van der Waals surface area contributed by atoms with Crippen LogP contribution >= 0.6 is 0 Å². The molecule has 1 unspecified atom stereocenters. The maximum Gasteiger partial charge on any atom is 0.316 e. The van der Waals surface area contributed by atoms with Crippen LogP contribution in [0.5, 0.6) is 5.75 Å². The van der Waals surface area contributed by atoms with Gasteiger partial charge in [-0.25, -0.2) is 0 Å². The predicted octanol–water partition coefficient (Wildman–Crippen LogP) is 4.15. The lowest BCUT2D eigenvalue weighted by molar-refractivity contribution is -0.154. The molecule has 0 aliphatic rings. The van der Waals surface area contributed by atoms with E-state index in [0.717, 1.165) is 0 Å². The van der Waals surface area contributed by atoms with Gasteiger partial charge in [0.2, 0.25) is 0 Å². The minimum Gasteiger partial charge on any atom is -0.460 e. The molecule has 0 saturated heterocycles. The molecule has 0 aliphatic carbocycles. The second-order valence-corrected chi connectivity index (χ2v) is 10.5. The zero-order valence-corrected chi connectivity index (χ0v) is 19.3. The third-order valence-electron chi connectivity index (χ3n) is 4.08. The van der Waals surface area contributed by atoms with Crippen LogP contribution in [0.2, 0.25) is 0 Å². The Morgan fingerprint density at radius 2 is 1.52 bits per heavy atom. The molecule has 0 bridgehead atoms. The standard InChI is InChI=1S/C23H37NO5/c1-21(2,3)19(26)28-14-16-12-15(17(25)13-24-23(7,8)9)10-11-18(16)29-20(27)22(4,5)6/h10-12,17,24-25H,13-14H2,1-9H3. The number of nitrogens with one attached hydrogen (secondary N) is 1. The van der Waals surface area contributed by atoms with Gasteiger partial charge in [-0.1, -0.05) is 6.07 Å². The summed E-state index contributed by atoms with van der Waals surface area (Å²) in [5, 5.41) is 13.8. The van der Waals surface area contributed by atoms with E-state index < -0.39 is 16.9 Å². The first-order chi connectivity index (χ1) is 13.0. The second-order valence-electron chi connectivity index (χ2n) is 10.5. The molecule has 1 atom stereocenters. The Kier molecular flexibility index (Phi) is 8.02. The summed E-state index contributed by atoms with van der Waals surface area (Å²) in [6, 6.07) is 5.07. The van der Waals surface area contributed by atoms with Crippen molar-refractivity contribution in [2.24, 2.45) is 10.8 Å². The fourth-order valence-corrected chi connectivity index (χ4v) is 2.15. The van der Waals surface area contributed by atoms with E-state index in [4.69, 9.17) is 9.47 Å². The Hall–Kier alpha value is -1.92. The summed E-state index contributed by atoms with van der Waals surface area (Å²) in [5.74, 6) is -0.416. The van der Waals surface area contributed by atoms with Gasteiger partial charge in [-0.3, -0.25) is 9.59 Å². The summed E-state index contributed by atoms with van der Waals surface area (Å²) in [5.41, 5.74) is -0.259. The molecule has 1 aromatic carbocycles. The first kappa shape index (κ1) is 25.1. The summed E-state index contributed by atoms with van der Waals surface area (Å²) in [6.45, 7) is 17.0. The third-order valence-corrected chi connectivity index (χ3v) is 4.08. The van der Waals surface area contributed by atoms with E-state index in [9.17, 15) is 14.7 Å². The Bertz CT molecular complexity index is 720. The third kappa shape index (κ3) is 8.54. The average Bonchev–Trinajstić information content (AvgIpc) is 2.55. The van der Waals surface area contributed by atoms with Crippen molar-refractivity contribution < 1.29 is 24.2 Å². The highest BCUT2D eigenvalue weighted by Gasteiger charge is 2.27. The van der Waals surface area contributed by atoms with E-state index in [0.29, 0.717) is 23.4 Å². The van der Waals surface area contributed by atoms with E-state index in [1.807, 2.05) is 20.8 Å². The fraction of sp³-hybridized carbons (Fsp3) is 0.652. The van der Waals surface area contributed by atoms with E-state index in [2.05, 4.69) is 5.32 Å². The number of carbonyl (C=O) groups excluding carboxylic acids is 2. The fourth-order valence-electron chi connectivity index (χ4n) is 2.15. The number of hydrogen-bond acceptors (Lipinski definition) is 6. The number of aliphatic hydroxyl groups is 1. The number of β-amino-alcohol motifs (C(OH)–C–C–N with tert-alkyl or cyclic N) is 1. The molecule has 0 amide bonds. The van der Waals surface area contributed by atoms with Gasteiger partial charge in [-0.2, -0.15) is 0 Å². The monoisotopic (exact) mass is 407 g/mol. The highest BCUT2D eigenvalue weighted by Crippen LogP contribution is 2.28. The lowest BCUT2D eigenvalue weighted by atomic mass is 9.97. The molecule has 0 spiro atoms. The maximum atomic E-state index is 12.3. The lowest BCUT2D eigenvalue weighted by Crippen LogP contribution is -2.38. The van der Waals surface area contributed by atoms with Gasteiger partial charge >= 0.3 is 11.9 Å². The SMILES string of the molecule is CC(C)(C)NCC(O)c1ccc(OC(=O)C(C)(C)C)c(COC(=O)C(C)(C)C)c1. The van der Waals surface area contributed by atoms with E-state index in [1.165, 1.54) is 0 Å². The topological polar surface area (TPSA) is 84.9 Å². The highest BCUT2D eigenvalue weighted by molar-refractivity contribution is 5.78. The zero-order valence-electron chi connectivity index (χ0n) is 19.3. The van der Waals surface area contributed by atoms with Crippen LogP contribution in [0.25, 0.3) is 0 Å². The van der Waals surface area contributed by atoms with Gasteiger partial charge in [0.25, 0.3) is 0 Å². The van der Waals surface area contributed by atoms with Crippen LogP contribution in [-0.2, 0) is 20.9 Å². The molecular formula is C23H37NO5. The van der Waals surface area contributed by atoms with E-state index >= 15 is 0 Å². The van der Waals surface area contributed by atoms with Crippen LogP contribution in [0.4, 0.5) is 0 Å². The van der Waals surface area contributed by atoms with Crippen molar-refractivity contribution in [3.05, 3.63) is 29.3 Å². The molecule has 1 aromatic rings. The second kappa shape index (κ2) is 9.26. The van der Waals surface area contributed by atoms with Crippen LogP contribution in [0.1, 0.15) is 79.5 Å². The summed E-state index contributed by atoms with van der Waals surface area (Å²) < 4.78 is 11.0. The molecular weight excluding hydrogens is 370 g/mol. The van der Waals surface area contributed by atoms with Crippen LogP contribution < -0.4 is 10.1 Å². The Morgan fingerprint density at radius 1 is 0.966 bits per heavy atom. The molecule has 29 heavy (non-hydrogen) atoms.